The summed E-state index contributed by atoms with van der Waals surface area (Å²) in [5.74, 6) is 1.22. The highest BCUT2D eigenvalue weighted by Gasteiger charge is 2.22. The smallest absolute Gasteiger partial charge is 0.277 e. The summed E-state index contributed by atoms with van der Waals surface area (Å²) in [7, 11) is 1.59. The molecule has 0 aliphatic carbocycles. The Morgan fingerprint density at radius 3 is 2.46 bits per heavy atom. The van der Waals surface area contributed by atoms with Crippen LogP contribution in [0.25, 0.3) is 0 Å². The van der Waals surface area contributed by atoms with Crippen molar-refractivity contribution >= 4 is 35.0 Å². The van der Waals surface area contributed by atoms with E-state index in [4.69, 9.17) is 9.15 Å². The van der Waals surface area contributed by atoms with Crippen LogP contribution in [0, 0.1) is 0 Å². The molecule has 1 N–H and O–H groups in total. The van der Waals surface area contributed by atoms with Gasteiger partial charge in [0.05, 0.1) is 19.3 Å². The molecule has 5 rings (SSSR count). The Bertz CT molecular complexity index is 1400. The highest BCUT2D eigenvalue weighted by molar-refractivity contribution is 7.99. The molecule has 200 valence electrons. The average molecular weight is 544 g/mol. The van der Waals surface area contributed by atoms with E-state index >= 15 is 0 Å². The minimum atomic E-state index is -0.153. The number of carbonyl (C=O) groups excluding carboxylic acids is 2. The molecule has 0 spiro atoms. The highest BCUT2D eigenvalue weighted by atomic mass is 32.2. The van der Waals surface area contributed by atoms with Crippen molar-refractivity contribution < 1.29 is 18.7 Å². The van der Waals surface area contributed by atoms with Crippen LogP contribution in [0.3, 0.4) is 0 Å². The van der Waals surface area contributed by atoms with E-state index in [2.05, 4.69) is 20.4 Å². The highest BCUT2D eigenvalue weighted by Crippen LogP contribution is 2.22. The minimum Gasteiger partial charge on any atom is -0.497 e. The van der Waals surface area contributed by atoms with Gasteiger partial charge in [0.1, 0.15) is 5.75 Å². The summed E-state index contributed by atoms with van der Waals surface area (Å²) in [5.41, 5.74) is 3.48. The summed E-state index contributed by atoms with van der Waals surface area (Å²) in [6.07, 6.45) is 0.556. The molecule has 1 saturated heterocycles. The number of thioether (sulfide) groups is 1. The molecule has 3 aromatic carbocycles. The molecule has 10 heteroatoms. The van der Waals surface area contributed by atoms with Gasteiger partial charge < -0.3 is 24.3 Å². The molecule has 0 bridgehead atoms. The van der Waals surface area contributed by atoms with Crippen LogP contribution in [0.1, 0.15) is 21.8 Å². The van der Waals surface area contributed by atoms with Crippen molar-refractivity contribution in [2.75, 3.05) is 49.3 Å². The first-order chi connectivity index (χ1) is 19.1. The third kappa shape index (κ3) is 6.97. The summed E-state index contributed by atoms with van der Waals surface area (Å²) in [5, 5.41) is 11.4. The lowest BCUT2D eigenvalue weighted by molar-refractivity contribution is -0.113. The lowest BCUT2D eigenvalue weighted by atomic mass is 10.1. The predicted molar refractivity (Wildman–Crippen MR) is 150 cm³/mol. The third-order valence-corrected chi connectivity index (χ3v) is 7.19. The molecular formula is C29H29N5O4S. The molecule has 0 saturated carbocycles. The Balaban J connectivity index is 1.07. The monoisotopic (exact) mass is 543 g/mol. The predicted octanol–water partition coefficient (Wildman–Crippen LogP) is 4.36. The Morgan fingerprint density at radius 2 is 1.72 bits per heavy atom. The number of carbonyl (C=O) groups is 2. The van der Waals surface area contributed by atoms with Gasteiger partial charge in [0, 0.05) is 43.1 Å². The quantitative estimate of drug-likeness (QED) is 0.311. The van der Waals surface area contributed by atoms with Crippen LogP contribution in [-0.4, -0.2) is 66.0 Å². The third-order valence-electron chi connectivity index (χ3n) is 6.37. The second-order valence-electron chi connectivity index (χ2n) is 9.02. The minimum absolute atomic E-state index is 0.0115. The van der Waals surface area contributed by atoms with E-state index in [0.29, 0.717) is 47.6 Å². The van der Waals surface area contributed by atoms with Gasteiger partial charge in [-0.3, -0.25) is 9.59 Å². The number of benzene rings is 3. The van der Waals surface area contributed by atoms with Crippen LogP contribution < -0.4 is 15.0 Å². The van der Waals surface area contributed by atoms with Gasteiger partial charge in [-0.05, 0) is 48.0 Å². The zero-order chi connectivity index (χ0) is 27.0. The fourth-order valence-electron chi connectivity index (χ4n) is 4.32. The summed E-state index contributed by atoms with van der Waals surface area (Å²) in [6.45, 7) is 2.73. The lowest BCUT2D eigenvalue weighted by Gasteiger charge is -2.36. The van der Waals surface area contributed by atoms with E-state index in [0.717, 1.165) is 24.3 Å². The van der Waals surface area contributed by atoms with E-state index < -0.39 is 0 Å². The van der Waals surface area contributed by atoms with E-state index in [9.17, 15) is 9.59 Å². The number of nitrogens with one attached hydrogen (secondary N) is 1. The zero-order valence-corrected chi connectivity index (χ0v) is 22.4. The fourth-order valence-corrected chi connectivity index (χ4v) is 4.91. The molecule has 39 heavy (non-hydrogen) atoms. The lowest BCUT2D eigenvalue weighted by Crippen LogP contribution is -2.48. The molecule has 2 heterocycles. The number of ether oxygens (including phenoxy) is 1. The maximum absolute atomic E-state index is 12.9. The van der Waals surface area contributed by atoms with Gasteiger partial charge >= 0.3 is 0 Å². The van der Waals surface area contributed by atoms with Crippen LogP contribution in [0.4, 0.5) is 11.4 Å². The number of anilines is 2. The van der Waals surface area contributed by atoms with E-state index in [-0.39, 0.29) is 17.6 Å². The largest absolute Gasteiger partial charge is 0.497 e. The van der Waals surface area contributed by atoms with E-state index in [1.165, 1.54) is 11.8 Å². The summed E-state index contributed by atoms with van der Waals surface area (Å²) in [4.78, 5) is 29.4. The average Bonchev–Trinajstić information content (AvgIpc) is 3.44. The number of hydrogen-bond donors (Lipinski definition) is 1. The van der Waals surface area contributed by atoms with E-state index in [1.54, 1.807) is 13.2 Å². The van der Waals surface area contributed by atoms with Crippen molar-refractivity contribution in [1.29, 1.82) is 0 Å². The fraction of sp³-hybridized carbons (Fsp3) is 0.241. The number of rotatable bonds is 9. The number of amides is 2. The molecule has 1 aromatic heterocycles. The summed E-state index contributed by atoms with van der Waals surface area (Å²) in [6, 6.07) is 24.9. The SMILES string of the molecule is COc1cccc(C(=O)N2CCN(c3ccc(NC(=O)CSc4nnc(Cc5ccccc5)o4)cc3)CC2)c1. The molecule has 0 atom stereocenters. The summed E-state index contributed by atoms with van der Waals surface area (Å²) < 4.78 is 10.9. The molecule has 9 nitrogen and oxygen atoms in total. The molecule has 1 aliphatic rings. The van der Waals surface area contributed by atoms with Gasteiger partial charge in [-0.2, -0.15) is 0 Å². The van der Waals surface area contributed by atoms with Gasteiger partial charge in [-0.15, -0.1) is 10.2 Å². The number of methoxy groups -OCH3 is 1. The van der Waals surface area contributed by atoms with Gasteiger partial charge in [0.25, 0.3) is 11.1 Å². The van der Waals surface area contributed by atoms with Gasteiger partial charge in [0.15, 0.2) is 0 Å². The molecule has 4 aromatic rings. The van der Waals surface area contributed by atoms with Crippen molar-refractivity contribution in [2.24, 2.45) is 0 Å². The molecule has 1 aliphatic heterocycles. The number of piperazine rings is 1. The maximum Gasteiger partial charge on any atom is 0.277 e. The topological polar surface area (TPSA) is 101 Å². The number of nitrogens with zero attached hydrogens (tertiary/aromatic N) is 4. The van der Waals surface area contributed by atoms with Crippen LogP contribution in [0.15, 0.2) is 88.5 Å². The zero-order valence-electron chi connectivity index (χ0n) is 21.6. The second kappa shape index (κ2) is 12.5. The molecular weight excluding hydrogens is 514 g/mol. The molecule has 0 radical (unpaired) electrons. The van der Waals surface area contributed by atoms with Crippen LogP contribution in [-0.2, 0) is 11.2 Å². The van der Waals surface area contributed by atoms with Crippen molar-refractivity contribution in [3.05, 3.63) is 95.9 Å². The van der Waals surface area contributed by atoms with E-state index in [1.807, 2.05) is 77.7 Å². The molecule has 0 unspecified atom stereocenters. The number of aromatic nitrogens is 2. The Morgan fingerprint density at radius 1 is 0.949 bits per heavy atom. The van der Waals surface area contributed by atoms with Crippen molar-refractivity contribution in [3.8, 4) is 5.75 Å². The van der Waals surface area contributed by atoms with Gasteiger partial charge in [-0.1, -0.05) is 48.2 Å². The van der Waals surface area contributed by atoms with Crippen LogP contribution in [0.2, 0.25) is 0 Å². The second-order valence-corrected chi connectivity index (χ2v) is 9.95. The Labute approximate surface area is 231 Å². The standard InChI is InChI=1S/C29H29N5O4S/c1-37-25-9-5-8-22(19-25)28(36)34-16-14-33(15-17-34)24-12-10-23(11-13-24)30-26(35)20-39-29-32-31-27(38-29)18-21-6-3-2-4-7-21/h2-13,19H,14-18,20H2,1H3,(H,30,35). The van der Waals surface area contributed by atoms with Crippen LogP contribution in [0.5, 0.6) is 5.75 Å². The molecule has 2 amide bonds. The van der Waals surface area contributed by atoms with Gasteiger partial charge in [0.2, 0.25) is 11.8 Å². The first kappa shape index (κ1) is 26.3. The van der Waals surface area contributed by atoms with Crippen molar-refractivity contribution in [3.63, 3.8) is 0 Å². The Hall–Kier alpha value is -4.31. The van der Waals surface area contributed by atoms with Crippen molar-refractivity contribution in [2.45, 2.75) is 11.6 Å². The van der Waals surface area contributed by atoms with Gasteiger partial charge in [-0.25, -0.2) is 0 Å². The van der Waals surface area contributed by atoms with Crippen LogP contribution >= 0.6 is 11.8 Å². The maximum atomic E-state index is 12.9. The van der Waals surface area contributed by atoms with Crippen molar-refractivity contribution in [1.82, 2.24) is 15.1 Å². The molecule has 1 fully saturated rings. The first-order valence-corrected chi connectivity index (χ1v) is 13.6. The Kier molecular flexibility index (Phi) is 8.42. The normalized spacial score (nSPS) is 13.3. The number of hydrogen-bond acceptors (Lipinski definition) is 8. The summed E-state index contributed by atoms with van der Waals surface area (Å²) >= 11 is 1.21. The first-order valence-electron chi connectivity index (χ1n) is 12.6.